The molecule has 1 saturated carbocycles. The zero-order valence-electron chi connectivity index (χ0n) is 10.4. The van der Waals surface area contributed by atoms with Gasteiger partial charge in [-0.2, -0.15) is 0 Å². The standard InChI is InChI=1S/C15H16O3/c1-3-12-10-15(12,14(17)18-4-2)13(16)11-8-6-5-7-9-11/h3,5-9,12H,1,4,10H2,2H3/t12?,15-/m0/s1. The van der Waals surface area contributed by atoms with E-state index in [0.717, 1.165) is 0 Å². The van der Waals surface area contributed by atoms with Crippen molar-refractivity contribution in [3.8, 4) is 0 Å². The Kier molecular flexibility index (Phi) is 3.32. The lowest BCUT2D eigenvalue weighted by Gasteiger charge is -2.14. The second-order valence-electron chi connectivity index (χ2n) is 4.43. The van der Waals surface area contributed by atoms with E-state index in [0.29, 0.717) is 12.0 Å². The number of allylic oxidation sites excluding steroid dienone is 1. The Morgan fingerprint density at radius 3 is 2.61 bits per heavy atom. The first kappa shape index (κ1) is 12.6. The van der Waals surface area contributed by atoms with Crippen LogP contribution < -0.4 is 0 Å². The van der Waals surface area contributed by atoms with Gasteiger partial charge in [-0.05, 0) is 13.3 Å². The number of rotatable bonds is 5. The third-order valence-corrected chi connectivity index (χ3v) is 3.38. The minimum absolute atomic E-state index is 0.107. The van der Waals surface area contributed by atoms with Crippen LogP contribution in [0.2, 0.25) is 0 Å². The quantitative estimate of drug-likeness (QED) is 0.346. The summed E-state index contributed by atoms with van der Waals surface area (Å²) in [6, 6.07) is 8.87. The van der Waals surface area contributed by atoms with Gasteiger partial charge >= 0.3 is 5.97 Å². The van der Waals surface area contributed by atoms with Crippen molar-refractivity contribution in [1.82, 2.24) is 0 Å². The van der Waals surface area contributed by atoms with Crippen LogP contribution >= 0.6 is 0 Å². The van der Waals surface area contributed by atoms with Gasteiger partial charge < -0.3 is 4.74 Å². The molecular weight excluding hydrogens is 228 g/mol. The van der Waals surface area contributed by atoms with E-state index in [1.807, 2.05) is 6.07 Å². The van der Waals surface area contributed by atoms with Crippen LogP contribution in [0.4, 0.5) is 0 Å². The van der Waals surface area contributed by atoms with Crippen LogP contribution in [0.1, 0.15) is 23.7 Å². The monoisotopic (exact) mass is 244 g/mol. The van der Waals surface area contributed by atoms with Crippen molar-refractivity contribution < 1.29 is 14.3 Å². The number of esters is 1. The highest BCUT2D eigenvalue weighted by Gasteiger charge is 2.65. The summed E-state index contributed by atoms with van der Waals surface area (Å²) >= 11 is 0. The summed E-state index contributed by atoms with van der Waals surface area (Å²) in [5.74, 6) is -0.695. The molecule has 0 heterocycles. The van der Waals surface area contributed by atoms with E-state index in [4.69, 9.17) is 4.74 Å². The van der Waals surface area contributed by atoms with E-state index >= 15 is 0 Å². The van der Waals surface area contributed by atoms with Gasteiger partial charge in [0.2, 0.25) is 0 Å². The van der Waals surface area contributed by atoms with Crippen molar-refractivity contribution in [3.05, 3.63) is 48.6 Å². The molecule has 0 bridgehead atoms. The molecule has 1 unspecified atom stereocenters. The van der Waals surface area contributed by atoms with Crippen LogP contribution in [-0.4, -0.2) is 18.4 Å². The normalized spacial score (nSPS) is 25.3. The maximum atomic E-state index is 12.5. The lowest BCUT2D eigenvalue weighted by Crippen LogP contribution is -2.30. The molecule has 3 nitrogen and oxygen atoms in total. The summed E-state index contributed by atoms with van der Waals surface area (Å²) in [4.78, 5) is 24.5. The summed E-state index contributed by atoms with van der Waals surface area (Å²) in [5, 5.41) is 0. The summed E-state index contributed by atoms with van der Waals surface area (Å²) in [7, 11) is 0. The second kappa shape index (κ2) is 4.77. The summed E-state index contributed by atoms with van der Waals surface area (Å²) in [6.07, 6.45) is 2.17. The van der Waals surface area contributed by atoms with Crippen LogP contribution in [0.5, 0.6) is 0 Å². The maximum absolute atomic E-state index is 12.5. The average Bonchev–Trinajstić information content (AvgIpc) is 3.15. The first-order valence-corrected chi connectivity index (χ1v) is 6.06. The summed E-state index contributed by atoms with van der Waals surface area (Å²) in [5.41, 5.74) is -0.478. The molecule has 1 aromatic carbocycles. The van der Waals surface area contributed by atoms with Crippen molar-refractivity contribution >= 4 is 11.8 Å². The van der Waals surface area contributed by atoms with Crippen LogP contribution in [0.15, 0.2) is 43.0 Å². The van der Waals surface area contributed by atoms with Crippen molar-refractivity contribution in [1.29, 1.82) is 0 Å². The fraction of sp³-hybridized carbons (Fsp3) is 0.333. The Morgan fingerprint density at radius 2 is 2.11 bits per heavy atom. The third kappa shape index (κ3) is 1.86. The summed E-state index contributed by atoms with van der Waals surface area (Å²) < 4.78 is 5.04. The van der Waals surface area contributed by atoms with E-state index in [2.05, 4.69) is 6.58 Å². The Bertz CT molecular complexity index is 478. The van der Waals surface area contributed by atoms with E-state index in [1.165, 1.54) is 0 Å². The van der Waals surface area contributed by atoms with E-state index in [9.17, 15) is 9.59 Å². The lowest BCUT2D eigenvalue weighted by atomic mass is 9.92. The molecule has 1 fully saturated rings. The van der Waals surface area contributed by atoms with Gasteiger partial charge in [-0.25, -0.2) is 0 Å². The van der Waals surface area contributed by atoms with Gasteiger partial charge in [-0.3, -0.25) is 9.59 Å². The Labute approximate surface area is 106 Å². The van der Waals surface area contributed by atoms with Gasteiger partial charge in [0.15, 0.2) is 5.78 Å². The van der Waals surface area contributed by atoms with Gasteiger partial charge in [0.05, 0.1) is 6.61 Å². The summed E-state index contributed by atoms with van der Waals surface area (Å²) in [6.45, 7) is 5.70. The molecule has 1 aliphatic carbocycles. The number of ether oxygens (including phenoxy) is 1. The number of Topliss-reactive ketones (excluding diaryl/α,β-unsaturated/α-hetero) is 1. The maximum Gasteiger partial charge on any atom is 0.320 e. The highest BCUT2D eigenvalue weighted by molar-refractivity contribution is 6.15. The fourth-order valence-electron chi connectivity index (χ4n) is 2.27. The molecule has 0 spiro atoms. The Morgan fingerprint density at radius 1 is 1.44 bits per heavy atom. The highest BCUT2D eigenvalue weighted by Crippen LogP contribution is 2.56. The number of carbonyl (C=O) groups excluding carboxylic acids is 2. The van der Waals surface area contributed by atoms with Gasteiger partial charge in [0.1, 0.15) is 5.41 Å². The zero-order chi connectivity index (χ0) is 13.2. The molecule has 18 heavy (non-hydrogen) atoms. The Hall–Kier alpha value is -1.90. The third-order valence-electron chi connectivity index (χ3n) is 3.38. The molecule has 1 aromatic rings. The van der Waals surface area contributed by atoms with Gasteiger partial charge in [0, 0.05) is 11.5 Å². The topological polar surface area (TPSA) is 43.4 Å². The minimum atomic E-state index is -1.03. The molecule has 0 aromatic heterocycles. The predicted octanol–water partition coefficient (Wildman–Crippen LogP) is 2.62. The lowest BCUT2D eigenvalue weighted by molar-refractivity contribution is -0.147. The molecule has 94 valence electrons. The number of carbonyl (C=O) groups is 2. The largest absolute Gasteiger partial charge is 0.465 e. The molecule has 2 atom stereocenters. The van der Waals surface area contributed by atoms with Crippen LogP contribution in [0.25, 0.3) is 0 Å². The molecule has 0 aliphatic heterocycles. The van der Waals surface area contributed by atoms with Crippen molar-refractivity contribution in [2.75, 3.05) is 6.61 Å². The molecule has 1 aliphatic rings. The second-order valence-corrected chi connectivity index (χ2v) is 4.43. The molecule has 3 heteroatoms. The molecule has 0 saturated heterocycles. The van der Waals surface area contributed by atoms with Crippen molar-refractivity contribution in [3.63, 3.8) is 0 Å². The number of benzene rings is 1. The fourth-order valence-corrected chi connectivity index (χ4v) is 2.27. The van der Waals surface area contributed by atoms with E-state index in [-0.39, 0.29) is 18.3 Å². The highest BCUT2D eigenvalue weighted by atomic mass is 16.5. The van der Waals surface area contributed by atoms with Crippen LogP contribution in [0, 0.1) is 11.3 Å². The van der Waals surface area contributed by atoms with Gasteiger partial charge in [-0.15, -0.1) is 6.58 Å². The number of hydrogen-bond donors (Lipinski definition) is 0. The van der Waals surface area contributed by atoms with E-state index < -0.39 is 11.4 Å². The van der Waals surface area contributed by atoms with E-state index in [1.54, 1.807) is 37.3 Å². The SMILES string of the molecule is C=CC1C[C@@]1(C(=O)OCC)C(=O)c1ccccc1. The van der Waals surface area contributed by atoms with Gasteiger partial charge in [0.25, 0.3) is 0 Å². The Balaban J connectivity index is 2.30. The minimum Gasteiger partial charge on any atom is -0.465 e. The molecule has 0 radical (unpaired) electrons. The molecule has 0 amide bonds. The van der Waals surface area contributed by atoms with Crippen molar-refractivity contribution in [2.45, 2.75) is 13.3 Å². The smallest absolute Gasteiger partial charge is 0.320 e. The first-order valence-electron chi connectivity index (χ1n) is 6.06. The van der Waals surface area contributed by atoms with Gasteiger partial charge in [-0.1, -0.05) is 36.4 Å². The molecule has 2 rings (SSSR count). The van der Waals surface area contributed by atoms with Crippen LogP contribution in [0.3, 0.4) is 0 Å². The predicted molar refractivity (Wildman–Crippen MR) is 68.1 cm³/mol. The number of ketones is 1. The first-order chi connectivity index (χ1) is 8.66. The van der Waals surface area contributed by atoms with Crippen molar-refractivity contribution in [2.24, 2.45) is 11.3 Å². The van der Waals surface area contributed by atoms with Crippen LogP contribution in [-0.2, 0) is 9.53 Å². The molecular formula is C15H16O3. The average molecular weight is 244 g/mol. The number of hydrogen-bond acceptors (Lipinski definition) is 3. The molecule has 0 N–H and O–H groups in total. The zero-order valence-corrected chi connectivity index (χ0v) is 10.4.